The van der Waals surface area contributed by atoms with Gasteiger partial charge in [0.1, 0.15) is 12.1 Å². The molecule has 3 fully saturated rings. The average Bonchev–Trinajstić information content (AvgIpc) is 3.34. The fourth-order valence-electron chi connectivity index (χ4n) is 4.59. The van der Waals surface area contributed by atoms with Gasteiger partial charge in [0.2, 0.25) is 5.91 Å². The summed E-state index contributed by atoms with van der Waals surface area (Å²) in [5.74, 6) is -0.471. The van der Waals surface area contributed by atoms with Gasteiger partial charge < -0.3 is 15.1 Å². The molecule has 0 bridgehead atoms. The minimum Gasteiger partial charge on any atom is -0.338 e. The van der Waals surface area contributed by atoms with Gasteiger partial charge in [-0.25, -0.2) is 4.79 Å². The number of rotatable bonds is 3. The first kappa shape index (κ1) is 19.9. The van der Waals surface area contributed by atoms with Crippen LogP contribution in [0.2, 0.25) is 0 Å². The van der Waals surface area contributed by atoms with Crippen molar-refractivity contribution in [3.05, 3.63) is 22.4 Å². The smallest absolute Gasteiger partial charge is 0.325 e. The molecule has 3 aliphatic rings. The second-order valence-electron chi connectivity index (χ2n) is 8.09. The Morgan fingerprint density at radius 2 is 1.90 bits per heavy atom. The lowest BCUT2D eigenvalue weighted by atomic mass is 9.73. The molecule has 4 rings (SSSR count). The Morgan fingerprint density at radius 1 is 1.17 bits per heavy atom. The van der Waals surface area contributed by atoms with E-state index < -0.39 is 11.6 Å². The number of hydrogen-bond donors (Lipinski definition) is 1. The number of urea groups is 1. The van der Waals surface area contributed by atoms with Gasteiger partial charge in [0.15, 0.2) is 0 Å². The molecule has 5 amide bonds. The van der Waals surface area contributed by atoms with Gasteiger partial charge in [0.05, 0.1) is 4.88 Å². The number of thiophene rings is 1. The third-order valence-electron chi connectivity index (χ3n) is 6.45. The number of imide groups is 1. The molecule has 2 saturated heterocycles. The Hall–Kier alpha value is -2.42. The summed E-state index contributed by atoms with van der Waals surface area (Å²) in [7, 11) is 0. The van der Waals surface area contributed by atoms with Gasteiger partial charge in [-0.05, 0) is 30.2 Å². The first-order chi connectivity index (χ1) is 13.9. The zero-order valence-corrected chi connectivity index (χ0v) is 17.4. The van der Waals surface area contributed by atoms with Crippen molar-refractivity contribution in [3.8, 4) is 0 Å². The second kappa shape index (κ2) is 7.78. The third-order valence-corrected chi connectivity index (χ3v) is 7.30. The van der Waals surface area contributed by atoms with Crippen LogP contribution < -0.4 is 5.32 Å². The summed E-state index contributed by atoms with van der Waals surface area (Å²) in [6.45, 7) is 3.46. The second-order valence-corrected chi connectivity index (χ2v) is 9.04. The van der Waals surface area contributed by atoms with E-state index in [4.69, 9.17) is 0 Å². The molecule has 1 aliphatic carbocycles. The van der Waals surface area contributed by atoms with Crippen molar-refractivity contribution in [2.24, 2.45) is 5.92 Å². The summed E-state index contributed by atoms with van der Waals surface area (Å²) in [4.78, 5) is 55.8. The predicted octanol–water partition coefficient (Wildman–Crippen LogP) is 1.53. The summed E-state index contributed by atoms with van der Waals surface area (Å²) >= 11 is 1.40. The first-order valence-electron chi connectivity index (χ1n) is 10.2. The Morgan fingerprint density at radius 3 is 2.55 bits per heavy atom. The number of piperazine rings is 1. The molecular formula is C20H26N4O4S. The van der Waals surface area contributed by atoms with E-state index in [1.807, 2.05) is 18.4 Å². The molecule has 2 atom stereocenters. The molecule has 0 aromatic carbocycles. The number of carbonyl (C=O) groups excluding carboxylic acids is 4. The molecule has 1 spiro atoms. The van der Waals surface area contributed by atoms with Gasteiger partial charge in [-0.15, -0.1) is 11.3 Å². The summed E-state index contributed by atoms with van der Waals surface area (Å²) in [6.07, 6.45) is 3.48. The van der Waals surface area contributed by atoms with Crippen molar-refractivity contribution in [1.29, 1.82) is 0 Å². The Kier molecular flexibility index (Phi) is 5.33. The lowest BCUT2D eigenvalue weighted by molar-refractivity contribution is -0.141. The van der Waals surface area contributed by atoms with E-state index in [2.05, 4.69) is 5.32 Å². The molecule has 0 radical (unpaired) electrons. The van der Waals surface area contributed by atoms with Crippen LogP contribution in [0.25, 0.3) is 0 Å². The summed E-state index contributed by atoms with van der Waals surface area (Å²) in [5.41, 5.74) is -0.846. The molecule has 1 aromatic rings. The fraction of sp³-hybridized carbons (Fsp3) is 0.600. The van der Waals surface area contributed by atoms with Crippen LogP contribution in [0.3, 0.4) is 0 Å². The van der Waals surface area contributed by atoms with Gasteiger partial charge in [0.25, 0.3) is 11.8 Å². The Balaban J connectivity index is 1.35. The minimum atomic E-state index is -0.846. The molecule has 3 heterocycles. The van der Waals surface area contributed by atoms with Crippen molar-refractivity contribution in [3.63, 3.8) is 0 Å². The molecule has 8 nitrogen and oxygen atoms in total. The van der Waals surface area contributed by atoms with E-state index in [0.717, 1.165) is 24.2 Å². The maximum atomic E-state index is 13.0. The van der Waals surface area contributed by atoms with Crippen molar-refractivity contribution in [2.75, 3.05) is 32.7 Å². The number of hydrogen-bond acceptors (Lipinski definition) is 5. The number of amides is 5. The maximum absolute atomic E-state index is 13.0. The lowest BCUT2D eigenvalue weighted by Gasteiger charge is -2.37. The number of nitrogens with one attached hydrogen (secondary N) is 1. The SMILES string of the molecule is C[C@H]1CCCC[C@@]12NC(=O)N(CC(=O)N1CCN(C(=O)c3cccs3)CC1)C2=O. The standard InChI is InChI=1S/C20H26N4O4S/c1-14-5-2-3-7-20(14)18(27)24(19(28)21-20)13-16(25)22-8-10-23(11-9-22)17(26)15-6-4-12-29-15/h4,6,12,14H,2-3,5,7-11,13H2,1H3,(H,21,28)/t14-,20+/m0/s1. The minimum absolute atomic E-state index is 0.0191. The predicted molar refractivity (Wildman–Crippen MR) is 107 cm³/mol. The lowest BCUT2D eigenvalue weighted by Crippen LogP contribution is -2.55. The van der Waals surface area contributed by atoms with Crippen molar-refractivity contribution in [2.45, 2.75) is 38.1 Å². The van der Waals surface area contributed by atoms with Crippen LogP contribution in [0.1, 0.15) is 42.3 Å². The Labute approximate surface area is 173 Å². The highest BCUT2D eigenvalue weighted by molar-refractivity contribution is 7.12. The molecular weight excluding hydrogens is 392 g/mol. The van der Waals surface area contributed by atoms with Crippen LogP contribution >= 0.6 is 11.3 Å². The third kappa shape index (κ3) is 3.52. The Bertz CT molecular complexity index is 818. The summed E-state index contributed by atoms with van der Waals surface area (Å²) in [6, 6.07) is 3.17. The number of carbonyl (C=O) groups is 4. The molecule has 1 aromatic heterocycles. The molecule has 0 unspecified atom stereocenters. The van der Waals surface area contributed by atoms with Gasteiger partial charge in [-0.3, -0.25) is 19.3 Å². The van der Waals surface area contributed by atoms with Crippen molar-refractivity contribution in [1.82, 2.24) is 20.0 Å². The first-order valence-corrected chi connectivity index (χ1v) is 11.0. The van der Waals surface area contributed by atoms with Crippen LogP contribution in [-0.4, -0.2) is 76.7 Å². The van der Waals surface area contributed by atoms with Gasteiger partial charge in [-0.2, -0.15) is 0 Å². The van der Waals surface area contributed by atoms with Crippen molar-refractivity contribution >= 4 is 35.1 Å². The van der Waals surface area contributed by atoms with Crippen LogP contribution in [0.5, 0.6) is 0 Å². The quantitative estimate of drug-likeness (QED) is 0.754. The topological polar surface area (TPSA) is 90.0 Å². The maximum Gasteiger partial charge on any atom is 0.325 e. The van der Waals surface area contributed by atoms with E-state index in [-0.39, 0.29) is 30.2 Å². The van der Waals surface area contributed by atoms with E-state index in [1.54, 1.807) is 15.9 Å². The van der Waals surface area contributed by atoms with Gasteiger partial charge in [0, 0.05) is 26.2 Å². The molecule has 1 N–H and O–H groups in total. The highest BCUT2D eigenvalue weighted by atomic mass is 32.1. The largest absolute Gasteiger partial charge is 0.338 e. The summed E-state index contributed by atoms with van der Waals surface area (Å²) in [5, 5.41) is 4.75. The number of nitrogens with zero attached hydrogens (tertiary/aromatic N) is 3. The van der Waals surface area contributed by atoms with E-state index >= 15 is 0 Å². The van der Waals surface area contributed by atoms with Crippen LogP contribution in [-0.2, 0) is 9.59 Å². The molecule has 156 valence electrons. The molecule has 29 heavy (non-hydrogen) atoms. The average molecular weight is 419 g/mol. The summed E-state index contributed by atoms with van der Waals surface area (Å²) < 4.78 is 0. The normalized spacial score (nSPS) is 27.5. The van der Waals surface area contributed by atoms with Gasteiger partial charge in [-0.1, -0.05) is 25.8 Å². The van der Waals surface area contributed by atoms with E-state index in [9.17, 15) is 19.2 Å². The van der Waals surface area contributed by atoms with Crippen LogP contribution in [0.15, 0.2) is 17.5 Å². The van der Waals surface area contributed by atoms with E-state index in [1.165, 1.54) is 11.3 Å². The zero-order valence-electron chi connectivity index (χ0n) is 16.6. The molecule has 9 heteroatoms. The van der Waals surface area contributed by atoms with Crippen LogP contribution in [0.4, 0.5) is 4.79 Å². The highest BCUT2D eigenvalue weighted by Crippen LogP contribution is 2.38. The van der Waals surface area contributed by atoms with Gasteiger partial charge >= 0.3 is 6.03 Å². The molecule has 2 aliphatic heterocycles. The van der Waals surface area contributed by atoms with Crippen LogP contribution in [0, 0.1) is 5.92 Å². The molecule has 1 saturated carbocycles. The highest BCUT2D eigenvalue weighted by Gasteiger charge is 2.55. The monoisotopic (exact) mass is 418 g/mol. The zero-order chi connectivity index (χ0) is 20.6. The van der Waals surface area contributed by atoms with E-state index in [0.29, 0.717) is 37.5 Å². The van der Waals surface area contributed by atoms with Crippen molar-refractivity contribution < 1.29 is 19.2 Å². The fourth-order valence-corrected chi connectivity index (χ4v) is 5.28.